The molecule has 0 atom stereocenters. The van der Waals surface area contributed by atoms with E-state index in [9.17, 15) is 0 Å². The third kappa shape index (κ3) is 9.85. The van der Waals surface area contributed by atoms with Crippen molar-refractivity contribution >= 4 is 33.2 Å². The molecule has 3 aromatic rings. The Morgan fingerprint density at radius 1 is 0.769 bits per heavy atom. The van der Waals surface area contributed by atoms with Crippen molar-refractivity contribution in [2.75, 3.05) is 0 Å². The minimum absolute atomic E-state index is 0.979. The summed E-state index contributed by atoms with van der Waals surface area (Å²) in [6, 6.07) is 27.4. The van der Waals surface area contributed by atoms with E-state index >= 15 is 0 Å². The molecule has 0 saturated carbocycles. The van der Waals surface area contributed by atoms with E-state index in [0.717, 1.165) is 28.0 Å². The van der Waals surface area contributed by atoms with Crippen LogP contribution in [0.25, 0.3) is 21.5 Å². The molecule has 0 radical (unpaired) electrons. The van der Waals surface area contributed by atoms with Crippen LogP contribution in [0.5, 0.6) is 0 Å². The number of aryl methyl sites for hydroxylation is 1. The maximum Gasteiger partial charge on any atom is 0.0154 e. The largest absolute Gasteiger partial charge is 0.405 e. The molecule has 3 aromatic carbocycles. The second kappa shape index (κ2) is 16.5. The van der Waals surface area contributed by atoms with Gasteiger partial charge in [0, 0.05) is 9.81 Å². The lowest BCUT2D eigenvalue weighted by Gasteiger charge is -2.12. The Hall–Kier alpha value is -4.27. The van der Waals surface area contributed by atoms with Crippen molar-refractivity contribution in [1.29, 1.82) is 0 Å². The molecule has 0 aliphatic carbocycles. The fourth-order valence-corrected chi connectivity index (χ4v) is 4.96. The van der Waals surface area contributed by atoms with Gasteiger partial charge in [0.1, 0.15) is 0 Å². The minimum Gasteiger partial charge on any atom is -0.405 e. The highest BCUT2D eigenvalue weighted by Crippen LogP contribution is 2.39. The van der Waals surface area contributed by atoms with Crippen molar-refractivity contribution in [1.82, 2.24) is 0 Å². The molecule has 0 fully saturated rings. The molecule has 196 valence electrons. The summed E-state index contributed by atoms with van der Waals surface area (Å²) in [5.74, 6) is 0. The predicted molar refractivity (Wildman–Crippen MR) is 177 cm³/mol. The minimum atomic E-state index is 0.979. The topological polar surface area (TPSA) is 26.0 Å². The van der Waals surface area contributed by atoms with Gasteiger partial charge in [-0.15, -0.1) is 0 Å². The van der Waals surface area contributed by atoms with Gasteiger partial charge in [-0.25, -0.2) is 0 Å². The number of thioether (sulfide) groups is 1. The van der Waals surface area contributed by atoms with Crippen LogP contribution in [-0.2, 0) is 0 Å². The van der Waals surface area contributed by atoms with Gasteiger partial charge in [0.15, 0.2) is 0 Å². The summed E-state index contributed by atoms with van der Waals surface area (Å²) in [6.45, 7) is 8.65. The van der Waals surface area contributed by atoms with Crippen LogP contribution in [-0.4, -0.2) is 0 Å². The first kappa shape index (κ1) is 29.3. The molecule has 0 aliphatic rings. The molecule has 0 aromatic heterocycles. The summed E-state index contributed by atoms with van der Waals surface area (Å²) < 4.78 is 0. The molecular weight excluding hydrogens is 490 g/mol. The summed E-state index contributed by atoms with van der Waals surface area (Å²) in [7, 11) is 0. The predicted octanol–water partition coefficient (Wildman–Crippen LogP) is 10.4. The first-order valence-corrected chi connectivity index (χ1v) is 14.0. The Kier molecular flexibility index (Phi) is 12.4. The highest BCUT2D eigenvalue weighted by Gasteiger charge is 2.08. The van der Waals surface area contributed by atoms with Crippen molar-refractivity contribution in [3.05, 3.63) is 180 Å². The van der Waals surface area contributed by atoms with Gasteiger partial charge in [-0.3, -0.25) is 0 Å². The van der Waals surface area contributed by atoms with Crippen molar-refractivity contribution in [3.8, 4) is 0 Å². The molecule has 39 heavy (non-hydrogen) atoms. The van der Waals surface area contributed by atoms with E-state index < -0.39 is 0 Å². The van der Waals surface area contributed by atoms with E-state index in [1.165, 1.54) is 21.6 Å². The zero-order valence-corrected chi connectivity index (χ0v) is 23.7. The van der Waals surface area contributed by atoms with Crippen LogP contribution in [0.1, 0.15) is 41.2 Å². The van der Waals surface area contributed by atoms with Crippen LogP contribution in [0, 0.1) is 6.92 Å². The second-order valence-corrected chi connectivity index (χ2v) is 9.94. The Bertz CT molecular complexity index is 1410. The highest BCUT2D eigenvalue weighted by atomic mass is 32.2. The first-order chi connectivity index (χ1) is 19.1. The lowest BCUT2D eigenvalue weighted by atomic mass is 10.1. The second-order valence-electron chi connectivity index (χ2n) is 8.80. The van der Waals surface area contributed by atoms with Gasteiger partial charge in [-0.05, 0) is 59.0 Å². The summed E-state index contributed by atoms with van der Waals surface area (Å²) in [5, 5.41) is 0. The molecule has 0 heterocycles. The third-order valence-corrected chi connectivity index (χ3v) is 6.97. The van der Waals surface area contributed by atoms with Crippen LogP contribution < -0.4 is 5.73 Å². The molecule has 0 aliphatic heterocycles. The Morgan fingerprint density at radius 2 is 1.44 bits per heavy atom. The number of nitrogens with two attached hydrogens (primary N) is 1. The van der Waals surface area contributed by atoms with Gasteiger partial charge < -0.3 is 5.73 Å². The Morgan fingerprint density at radius 3 is 2.13 bits per heavy atom. The number of hydrogen-bond donors (Lipinski definition) is 1. The average molecular weight is 528 g/mol. The molecule has 3 rings (SSSR count). The van der Waals surface area contributed by atoms with Crippen molar-refractivity contribution in [2.24, 2.45) is 5.73 Å². The van der Waals surface area contributed by atoms with Crippen LogP contribution in [0.4, 0.5) is 0 Å². The normalized spacial score (nSPS) is 13.1. The maximum atomic E-state index is 5.51. The monoisotopic (exact) mass is 527 g/mol. The zero-order chi connectivity index (χ0) is 27.7. The number of hydrogen-bond acceptors (Lipinski definition) is 2. The van der Waals surface area contributed by atoms with Gasteiger partial charge in [-0.1, -0.05) is 165 Å². The number of allylic oxidation sites excluding steroid dienone is 11. The SMILES string of the molecule is C=C(S/C(=C\CC)c1ccc(\C=C/C=C\C=C\C=C/C(=C\C=C\N)c2ccccc2)cc1)c1ccccc1C. The summed E-state index contributed by atoms with van der Waals surface area (Å²) in [5.41, 5.74) is 12.6. The van der Waals surface area contributed by atoms with Gasteiger partial charge in [0.25, 0.3) is 0 Å². The standard InChI is InChI=1S/C37H37NS/c1-4-17-37(39-31(3)36-24-15-14-18-30(36)2)35-27-25-32(26-28-35)19-10-7-5-6-8-11-20-34(23-16-29-38)33-21-12-9-13-22-33/h5-29H,3-4,38H2,1-2H3/b7-5-,8-6+,19-10-,20-11-,29-16+,34-23+,37-17-. The molecule has 0 unspecified atom stereocenters. The molecule has 0 amide bonds. The van der Waals surface area contributed by atoms with Crippen molar-refractivity contribution in [3.63, 3.8) is 0 Å². The van der Waals surface area contributed by atoms with Gasteiger partial charge >= 0.3 is 0 Å². The van der Waals surface area contributed by atoms with Crippen LogP contribution in [0.3, 0.4) is 0 Å². The van der Waals surface area contributed by atoms with Crippen LogP contribution in [0.2, 0.25) is 0 Å². The fourth-order valence-electron chi connectivity index (χ4n) is 3.86. The van der Waals surface area contributed by atoms with E-state index in [0.29, 0.717) is 0 Å². The number of benzene rings is 3. The fraction of sp³-hybridized carbons (Fsp3) is 0.0811. The summed E-state index contributed by atoms with van der Waals surface area (Å²) >= 11 is 1.74. The Balaban J connectivity index is 1.57. The Labute approximate surface area is 238 Å². The lowest BCUT2D eigenvalue weighted by molar-refractivity contribution is 1.23. The molecule has 0 spiro atoms. The zero-order valence-electron chi connectivity index (χ0n) is 22.8. The van der Waals surface area contributed by atoms with Crippen LogP contribution >= 0.6 is 11.8 Å². The summed E-state index contributed by atoms with van der Waals surface area (Å²) in [4.78, 5) is 2.31. The molecule has 2 heteroatoms. The van der Waals surface area contributed by atoms with Gasteiger partial charge in [0.2, 0.25) is 0 Å². The highest BCUT2D eigenvalue weighted by molar-refractivity contribution is 8.16. The molecule has 2 N–H and O–H groups in total. The van der Waals surface area contributed by atoms with Crippen molar-refractivity contribution in [2.45, 2.75) is 20.3 Å². The van der Waals surface area contributed by atoms with E-state index in [-0.39, 0.29) is 0 Å². The van der Waals surface area contributed by atoms with Gasteiger partial charge in [-0.2, -0.15) is 0 Å². The number of rotatable bonds is 12. The average Bonchev–Trinajstić information content (AvgIpc) is 2.96. The van der Waals surface area contributed by atoms with E-state index in [4.69, 9.17) is 5.73 Å². The van der Waals surface area contributed by atoms with Crippen molar-refractivity contribution < 1.29 is 0 Å². The molecular formula is C37H37NS. The van der Waals surface area contributed by atoms with E-state index in [1.54, 1.807) is 18.0 Å². The molecule has 0 saturated heterocycles. The molecule has 0 bridgehead atoms. The molecule has 1 nitrogen and oxygen atoms in total. The summed E-state index contributed by atoms with van der Waals surface area (Å²) in [6.07, 6.45) is 25.0. The maximum absolute atomic E-state index is 5.51. The van der Waals surface area contributed by atoms with E-state index in [2.05, 4.69) is 105 Å². The van der Waals surface area contributed by atoms with Crippen LogP contribution in [0.15, 0.2) is 152 Å². The first-order valence-electron chi connectivity index (χ1n) is 13.2. The third-order valence-electron chi connectivity index (χ3n) is 5.88. The lowest BCUT2D eigenvalue weighted by Crippen LogP contribution is -1.86. The quantitative estimate of drug-likeness (QED) is 0.237. The van der Waals surface area contributed by atoms with E-state index in [1.807, 2.05) is 60.7 Å². The smallest absolute Gasteiger partial charge is 0.0154 e. The van der Waals surface area contributed by atoms with Gasteiger partial charge in [0.05, 0.1) is 0 Å².